The zero-order chi connectivity index (χ0) is 8.55. The summed E-state index contributed by atoms with van der Waals surface area (Å²) in [5.41, 5.74) is 0. The number of piperidine rings is 1. The summed E-state index contributed by atoms with van der Waals surface area (Å²) in [6, 6.07) is 0.247. The van der Waals surface area contributed by atoms with Crippen molar-refractivity contribution in [3.05, 3.63) is 0 Å². The van der Waals surface area contributed by atoms with E-state index in [-0.39, 0.29) is 6.04 Å². The van der Waals surface area contributed by atoms with Crippen molar-refractivity contribution in [3.8, 4) is 0 Å². The molecule has 2 aliphatic heterocycles. The van der Waals surface area contributed by atoms with Gasteiger partial charge >= 0.3 is 6.09 Å². The van der Waals surface area contributed by atoms with E-state index >= 15 is 0 Å². The molecular formula is C8H14N2O2. The number of hydrogen-bond acceptors (Lipinski definition) is 2. The minimum Gasteiger partial charge on any atom is -0.465 e. The van der Waals surface area contributed by atoms with E-state index in [4.69, 9.17) is 5.11 Å². The molecule has 2 fully saturated rings. The van der Waals surface area contributed by atoms with Crippen LogP contribution in [0.15, 0.2) is 0 Å². The molecule has 0 radical (unpaired) electrons. The van der Waals surface area contributed by atoms with Crippen molar-refractivity contribution < 1.29 is 9.90 Å². The molecule has 4 heteroatoms. The minimum absolute atomic E-state index is 0.247. The molecule has 0 bridgehead atoms. The summed E-state index contributed by atoms with van der Waals surface area (Å²) in [6.07, 6.45) is 1.45. The molecule has 0 unspecified atom stereocenters. The first-order chi connectivity index (χ1) is 5.79. The molecule has 0 spiro atoms. The highest BCUT2D eigenvalue weighted by Crippen LogP contribution is 2.25. The Hall–Kier alpha value is -0.770. The molecule has 0 saturated carbocycles. The number of likely N-dealkylation sites (tertiary alicyclic amines) is 1. The maximum absolute atomic E-state index is 10.8. The zero-order valence-electron chi connectivity index (χ0n) is 6.99. The molecule has 4 nitrogen and oxygen atoms in total. The minimum atomic E-state index is -0.756. The highest BCUT2D eigenvalue weighted by atomic mass is 16.4. The van der Waals surface area contributed by atoms with E-state index in [1.54, 1.807) is 4.90 Å². The Bertz CT molecular complexity index is 195. The van der Waals surface area contributed by atoms with Crippen LogP contribution in [0.5, 0.6) is 0 Å². The summed E-state index contributed by atoms with van der Waals surface area (Å²) >= 11 is 0. The number of carbonyl (C=O) groups is 1. The molecule has 2 N–H and O–H groups in total. The SMILES string of the molecule is O=C(O)N1CCC[C@@H]2CNC[C@@H]21. The summed E-state index contributed by atoms with van der Waals surface area (Å²) in [5.74, 6) is 0.565. The molecule has 1 amide bonds. The fourth-order valence-electron chi connectivity index (χ4n) is 2.31. The lowest BCUT2D eigenvalue weighted by Crippen LogP contribution is -2.47. The maximum atomic E-state index is 10.8. The first-order valence-corrected chi connectivity index (χ1v) is 4.49. The summed E-state index contributed by atoms with van der Waals surface area (Å²) < 4.78 is 0. The van der Waals surface area contributed by atoms with Crippen LogP contribution in [0.4, 0.5) is 4.79 Å². The third kappa shape index (κ3) is 1.16. The standard InChI is InChI=1S/C8H14N2O2/c11-8(12)10-3-1-2-6-4-9-5-7(6)10/h6-7,9H,1-5H2,(H,11,12)/t6-,7+/m1/s1. The van der Waals surface area contributed by atoms with Crippen LogP contribution < -0.4 is 5.32 Å². The van der Waals surface area contributed by atoms with Crippen LogP contribution >= 0.6 is 0 Å². The molecule has 2 atom stereocenters. The highest BCUT2D eigenvalue weighted by molar-refractivity contribution is 5.65. The first kappa shape index (κ1) is 7.86. The molecule has 0 aliphatic carbocycles. The lowest BCUT2D eigenvalue weighted by atomic mass is 9.92. The van der Waals surface area contributed by atoms with Crippen molar-refractivity contribution >= 4 is 6.09 Å². The van der Waals surface area contributed by atoms with Crippen molar-refractivity contribution in [3.63, 3.8) is 0 Å². The van der Waals surface area contributed by atoms with Crippen LogP contribution in [0.25, 0.3) is 0 Å². The molecule has 0 aromatic carbocycles. The monoisotopic (exact) mass is 170 g/mol. The van der Waals surface area contributed by atoms with E-state index in [1.807, 2.05) is 0 Å². The number of nitrogens with one attached hydrogen (secondary N) is 1. The summed E-state index contributed by atoms with van der Waals surface area (Å²) in [4.78, 5) is 12.4. The van der Waals surface area contributed by atoms with Crippen molar-refractivity contribution in [1.29, 1.82) is 0 Å². The van der Waals surface area contributed by atoms with E-state index in [9.17, 15) is 4.79 Å². The van der Waals surface area contributed by atoms with Gasteiger partial charge in [0.2, 0.25) is 0 Å². The van der Waals surface area contributed by atoms with Crippen LogP contribution in [0.2, 0.25) is 0 Å². The lowest BCUT2D eigenvalue weighted by Gasteiger charge is -2.34. The van der Waals surface area contributed by atoms with Gasteiger partial charge in [0.25, 0.3) is 0 Å². The van der Waals surface area contributed by atoms with Crippen LogP contribution in [0, 0.1) is 5.92 Å². The van der Waals surface area contributed by atoms with Gasteiger partial charge in [-0.05, 0) is 18.8 Å². The quantitative estimate of drug-likeness (QED) is 0.551. The predicted molar refractivity (Wildman–Crippen MR) is 44.1 cm³/mol. The predicted octanol–water partition coefficient (Wildman–Crippen LogP) is 0.348. The zero-order valence-corrected chi connectivity index (χ0v) is 6.99. The largest absolute Gasteiger partial charge is 0.465 e. The fourth-order valence-corrected chi connectivity index (χ4v) is 2.31. The van der Waals surface area contributed by atoms with Gasteiger partial charge < -0.3 is 15.3 Å². The number of nitrogens with zero attached hydrogens (tertiary/aromatic N) is 1. The second kappa shape index (κ2) is 2.94. The smallest absolute Gasteiger partial charge is 0.407 e. The topological polar surface area (TPSA) is 52.6 Å². The van der Waals surface area contributed by atoms with Gasteiger partial charge in [0.1, 0.15) is 0 Å². The Balaban J connectivity index is 2.08. The Kier molecular flexibility index (Phi) is 1.92. The van der Waals surface area contributed by atoms with Gasteiger partial charge in [0.15, 0.2) is 0 Å². The van der Waals surface area contributed by atoms with E-state index in [1.165, 1.54) is 6.42 Å². The van der Waals surface area contributed by atoms with Gasteiger partial charge in [-0.2, -0.15) is 0 Å². The van der Waals surface area contributed by atoms with Crippen LogP contribution in [0.1, 0.15) is 12.8 Å². The molecule has 0 aromatic rings. The van der Waals surface area contributed by atoms with E-state index in [2.05, 4.69) is 5.32 Å². The summed E-state index contributed by atoms with van der Waals surface area (Å²) in [7, 11) is 0. The second-order valence-corrected chi connectivity index (χ2v) is 3.60. The average molecular weight is 170 g/mol. The van der Waals surface area contributed by atoms with Gasteiger partial charge in [-0.25, -0.2) is 4.79 Å². The van der Waals surface area contributed by atoms with Gasteiger partial charge in [0.05, 0.1) is 6.04 Å². The van der Waals surface area contributed by atoms with Crippen molar-refractivity contribution in [2.45, 2.75) is 18.9 Å². The molecular weight excluding hydrogens is 156 g/mol. The Morgan fingerprint density at radius 1 is 1.50 bits per heavy atom. The van der Waals surface area contributed by atoms with E-state index in [0.29, 0.717) is 5.92 Å². The molecule has 68 valence electrons. The van der Waals surface area contributed by atoms with Crippen LogP contribution in [0.3, 0.4) is 0 Å². The van der Waals surface area contributed by atoms with Crippen molar-refractivity contribution in [2.75, 3.05) is 19.6 Å². The lowest BCUT2D eigenvalue weighted by molar-refractivity contribution is 0.0964. The van der Waals surface area contributed by atoms with Gasteiger partial charge in [-0.15, -0.1) is 0 Å². The van der Waals surface area contributed by atoms with E-state index in [0.717, 1.165) is 26.1 Å². The maximum Gasteiger partial charge on any atom is 0.407 e. The summed E-state index contributed by atoms with van der Waals surface area (Å²) in [5, 5.41) is 12.1. The van der Waals surface area contributed by atoms with Crippen molar-refractivity contribution in [2.24, 2.45) is 5.92 Å². The highest BCUT2D eigenvalue weighted by Gasteiger charge is 2.37. The Labute approximate surface area is 71.5 Å². The molecule has 2 saturated heterocycles. The Morgan fingerprint density at radius 2 is 2.33 bits per heavy atom. The summed E-state index contributed by atoms with van der Waals surface area (Å²) in [6.45, 7) is 2.56. The van der Waals surface area contributed by atoms with E-state index < -0.39 is 6.09 Å². The number of rotatable bonds is 0. The van der Waals surface area contributed by atoms with Crippen molar-refractivity contribution in [1.82, 2.24) is 10.2 Å². The molecule has 12 heavy (non-hydrogen) atoms. The fraction of sp³-hybridized carbons (Fsp3) is 0.875. The Morgan fingerprint density at radius 3 is 3.08 bits per heavy atom. The molecule has 0 aromatic heterocycles. The number of amides is 1. The van der Waals surface area contributed by atoms with Gasteiger partial charge in [0, 0.05) is 19.6 Å². The van der Waals surface area contributed by atoms with Gasteiger partial charge in [-0.3, -0.25) is 0 Å². The third-order valence-electron chi connectivity index (χ3n) is 2.92. The second-order valence-electron chi connectivity index (χ2n) is 3.60. The van der Waals surface area contributed by atoms with Crippen LogP contribution in [-0.4, -0.2) is 41.8 Å². The molecule has 2 rings (SSSR count). The average Bonchev–Trinajstić information content (AvgIpc) is 2.49. The number of fused-ring (bicyclic) bond motifs is 1. The molecule has 2 heterocycles. The third-order valence-corrected chi connectivity index (χ3v) is 2.92. The van der Waals surface area contributed by atoms with Gasteiger partial charge in [-0.1, -0.05) is 0 Å². The first-order valence-electron chi connectivity index (χ1n) is 4.49. The van der Waals surface area contributed by atoms with Crippen LogP contribution in [-0.2, 0) is 0 Å². The number of hydrogen-bond donors (Lipinski definition) is 2. The molecule has 2 aliphatic rings. The number of carboxylic acid groups (broad SMARTS) is 1. The normalized spacial score (nSPS) is 34.8.